The van der Waals surface area contributed by atoms with Crippen molar-refractivity contribution in [1.29, 1.82) is 0 Å². The molecule has 0 saturated carbocycles. The fraction of sp³-hybridized carbons (Fsp3) is 0.450. The first-order valence-electron chi connectivity index (χ1n) is 9.57. The molecule has 2 aromatic rings. The average molecular weight is 383 g/mol. The van der Waals surface area contributed by atoms with Crippen molar-refractivity contribution >= 4 is 17.5 Å². The van der Waals surface area contributed by atoms with Crippen LogP contribution in [0.5, 0.6) is 5.75 Å². The van der Waals surface area contributed by atoms with Crippen LogP contribution >= 0.6 is 0 Å². The number of anilines is 2. The summed E-state index contributed by atoms with van der Waals surface area (Å²) in [5, 5.41) is 0. The molecular weight excluding hydrogens is 358 g/mol. The summed E-state index contributed by atoms with van der Waals surface area (Å²) in [4.78, 5) is 27.8. The van der Waals surface area contributed by atoms with E-state index in [4.69, 9.17) is 9.47 Å². The van der Waals surface area contributed by atoms with E-state index in [9.17, 15) is 4.79 Å². The van der Waals surface area contributed by atoms with Crippen molar-refractivity contribution in [2.75, 3.05) is 69.4 Å². The molecule has 0 unspecified atom stereocenters. The van der Waals surface area contributed by atoms with Crippen LogP contribution in [0.3, 0.4) is 0 Å². The van der Waals surface area contributed by atoms with Gasteiger partial charge in [0.1, 0.15) is 5.75 Å². The fourth-order valence-electron chi connectivity index (χ4n) is 3.52. The number of methoxy groups -OCH3 is 1. The summed E-state index contributed by atoms with van der Waals surface area (Å²) in [5.74, 6) is 1.48. The maximum atomic E-state index is 12.8. The number of amides is 1. The second-order valence-corrected chi connectivity index (χ2v) is 6.85. The highest BCUT2D eigenvalue weighted by molar-refractivity contribution is 5.93. The van der Waals surface area contributed by atoms with Gasteiger partial charge in [-0.3, -0.25) is 4.79 Å². The van der Waals surface area contributed by atoms with Gasteiger partial charge >= 0.3 is 0 Å². The summed E-state index contributed by atoms with van der Waals surface area (Å²) < 4.78 is 10.6. The number of carbonyl (C=O) groups excluding carboxylic acids is 1. The Hall–Kier alpha value is -2.87. The van der Waals surface area contributed by atoms with Crippen LogP contribution < -0.4 is 14.5 Å². The number of hydrogen-bond donors (Lipinski definition) is 0. The third kappa shape index (κ3) is 4.01. The topological polar surface area (TPSA) is 71.0 Å². The standard InChI is InChI=1S/C20H25N5O3/c1-27-18-4-2-3-17(13-18)23-5-7-24(8-6-23)19(26)16-14-21-20(22-15-16)25-9-11-28-12-10-25/h2-4,13-15H,5-12H2,1H3. The molecule has 3 heterocycles. The SMILES string of the molecule is COc1cccc(N2CCN(C(=O)c3cnc(N4CCOCC4)nc3)CC2)c1. The Morgan fingerprint density at radius 3 is 2.39 bits per heavy atom. The van der Waals surface area contributed by atoms with Crippen LogP contribution in [-0.2, 0) is 4.74 Å². The first-order chi connectivity index (χ1) is 13.7. The van der Waals surface area contributed by atoms with Gasteiger partial charge < -0.3 is 24.2 Å². The number of morpholine rings is 1. The Balaban J connectivity index is 1.35. The zero-order valence-electron chi connectivity index (χ0n) is 16.1. The molecule has 0 bridgehead atoms. The Labute approximate surface area is 164 Å². The number of ether oxygens (including phenoxy) is 2. The molecule has 8 nitrogen and oxygen atoms in total. The van der Waals surface area contributed by atoms with Crippen molar-refractivity contribution in [3.05, 3.63) is 42.2 Å². The van der Waals surface area contributed by atoms with Gasteiger partial charge in [0.15, 0.2) is 0 Å². The van der Waals surface area contributed by atoms with E-state index in [0.717, 1.165) is 37.6 Å². The van der Waals surface area contributed by atoms with E-state index < -0.39 is 0 Å². The lowest BCUT2D eigenvalue weighted by Crippen LogP contribution is -2.48. The molecular formula is C20H25N5O3. The van der Waals surface area contributed by atoms with Crippen LogP contribution in [0.25, 0.3) is 0 Å². The van der Waals surface area contributed by atoms with Gasteiger partial charge in [-0.15, -0.1) is 0 Å². The van der Waals surface area contributed by atoms with E-state index in [-0.39, 0.29) is 5.91 Å². The molecule has 0 spiro atoms. The lowest BCUT2D eigenvalue weighted by atomic mass is 10.2. The van der Waals surface area contributed by atoms with E-state index in [1.165, 1.54) is 0 Å². The number of hydrogen-bond acceptors (Lipinski definition) is 7. The number of carbonyl (C=O) groups is 1. The number of nitrogens with zero attached hydrogens (tertiary/aromatic N) is 5. The van der Waals surface area contributed by atoms with Crippen molar-refractivity contribution < 1.29 is 14.3 Å². The lowest BCUT2D eigenvalue weighted by molar-refractivity contribution is 0.0746. The van der Waals surface area contributed by atoms with Gasteiger partial charge in [0.25, 0.3) is 5.91 Å². The third-order valence-electron chi connectivity index (χ3n) is 5.16. The summed E-state index contributed by atoms with van der Waals surface area (Å²) in [5.41, 5.74) is 1.65. The summed E-state index contributed by atoms with van der Waals surface area (Å²) in [6, 6.07) is 8.01. The van der Waals surface area contributed by atoms with Crippen LogP contribution in [0.2, 0.25) is 0 Å². The second-order valence-electron chi connectivity index (χ2n) is 6.85. The maximum absolute atomic E-state index is 12.8. The highest BCUT2D eigenvalue weighted by Crippen LogP contribution is 2.22. The molecule has 0 atom stereocenters. The molecule has 1 aromatic carbocycles. The highest BCUT2D eigenvalue weighted by atomic mass is 16.5. The van der Waals surface area contributed by atoms with Gasteiger partial charge in [-0.25, -0.2) is 9.97 Å². The number of rotatable bonds is 4. The first kappa shape index (κ1) is 18.5. The minimum atomic E-state index is -0.0150. The minimum absolute atomic E-state index is 0.0150. The lowest BCUT2D eigenvalue weighted by Gasteiger charge is -2.36. The van der Waals surface area contributed by atoms with Gasteiger partial charge in [0, 0.05) is 63.4 Å². The predicted octanol–water partition coefficient (Wildman–Crippen LogP) is 1.28. The van der Waals surface area contributed by atoms with E-state index in [0.29, 0.717) is 37.8 Å². The smallest absolute Gasteiger partial charge is 0.257 e. The molecule has 2 aliphatic heterocycles. The van der Waals surface area contributed by atoms with E-state index in [2.05, 4.69) is 25.8 Å². The van der Waals surface area contributed by atoms with Crippen molar-refractivity contribution in [1.82, 2.24) is 14.9 Å². The van der Waals surface area contributed by atoms with Gasteiger partial charge in [-0.1, -0.05) is 6.07 Å². The van der Waals surface area contributed by atoms with E-state index in [1.54, 1.807) is 19.5 Å². The van der Waals surface area contributed by atoms with Gasteiger partial charge in [-0.2, -0.15) is 0 Å². The van der Waals surface area contributed by atoms with Crippen LogP contribution in [-0.4, -0.2) is 80.4 Å². The number of piperazine rings is 1. The molecule has 2 fully saturated rings. The Morgan fingerprint density at radius 2 is 1.71 bits per heavy atom. The second kappa shape index (κ2) is 8.43. The summed E-state index contributed by atoms with van der Waals surface area (Å²) in [6.07, 6.45) is 3.27. The van der Waals surface area contributed by atoms with Crippen LogP contribution in [0.15, 0.2) is 36.7 Å². The molecule has 0 radical (unpaired) electrons. The van der Waals surface area contributed by atoms with Gasteiger partial charge in [0.05, 0.1) is 25.9 Å². The van der Waals surface area contributed by atoms with E-state index in [1.807, 2.05) is 23.1 Å². The Bertz CT molecular complexity index is 800. The van der Waals surface area contributed by atoms with Crippen molar-refractivity contribution in [2.45, 2.75) is 0 Å². The molecule has 8 heteroatoms. The quantitative estimate of drug-likeness (QED) is 0.788. The highest BCUT2D eigenvalue weighted by Gasteiger charge is 2.23. The Morgan fingerprint density at radius 1 is 1.00 bits per heavy atom. The largest absolute Gasteiger partial charge is 0.497 e. The zero-order chi connectivity index (χ0) is 19.3. The Kier molecular flexibility index (Phi) is 5.57. The number of benzene rings is 1. The van der Waals surface area contributed by atoms with Crippen molar-refractivity contribution in [3.8, 4) is 5.75 Å². The molecule has 2 aliphatic rings. The van der Waals surface area contributed by atoms with Crippen molar-refractivity contribution in [3.63, 3.8) is 0 Å². The maximum Gasteiger partial charge on any atom is 0.257 e. The molecule has 0 N–H and O–H groups in total. The normalized spacial score (nSPS) is 17.5. The fourth-order valence-corrected chi connectivity index (χ4v) is 3.52. The monoisotopic (exact) mass is 383 g/mol. The zero-order valence-corrected chi connectivity index (χ0v) is 16.1. The van der Waals surface area contributed by atoms with Crippen LogP contribution in [0.1, 0.15) is 10.4 Å². The van der Waals surface area contributed by atoms with Crippen molar-refractivity contribution in [2.24, 2.45) is 0 Å². The van der Waals surface area contributed by atoms with Gasteiger partial charge in [0.2, 0.25) is 5.95 Å². The predicted molar refractivity (Wildman–Crippen MR) is 106 cm³/mol. The molecule has 1 aromatic heterocycles. The molecule has 2 saturated heterocycles. The molecule has 0 aliphatic carbocycles. The average Bonchev–Trinajstić information content (AvgIpc) is 2.79. The number of aromatic nitrogens is 2. The van der Waals surface area contributed by atoms with Crippen LogP contribution in [0, 0.1) is 0 Å². The molecule has 4 rings (SSSR count). The van der Waals surface area contributed by atoms with E-state index >= 15 is 0 Å². The molecule has 148 valence electrons. The summed E-state index contributed by atoms with van der Waals surface area (Å²) in [7, 11) is 1.67. The molecule has 1 amide bonds. The third-order valence-corrected chi connectivity index (χ3v) is 5.16. The molecule has 28 heavy (non-hydrogen) atoms. The summed E-state index contributed by atoms with van der Waals surface area (Å²) in [6.45, 7) is 5.82. The minimum Gasteiger partial charge on any atom is -0.497 e. The summed E-state index contributed by atoms with van der Waals surface area (Å²) >= 11 is 0. The van der Waals surface area contributed by atoms with Gasteiger partial charge in [-0.05, 0) is 12.1 Å². The van der Waals surface area contributed by atoms with Crippen LogP contribution in [0.4, 0.5) is 11.6 Å². The first-order valence-corrected chi connectivity index (χ1v) is 9.57.